The number of esters is 1. The monoisotopic (exact) mass is 469 g/mol. The molecule has 2 aromatic rings. The zero-order valence-corrected chi connectivity index (χ0v) is 19.2. The van der Waals surface area contributed by atoms with Crippen molar-refractivity contribution in [3.05, 3.63) is 69.7 Å². The van der Waals surface area contributed by atoms with Crippen molar-refractivity contribution < 1.29 is 14.3 Å². The summed E-state index contributed by atoms with van der Waals surface area (Å²) >= 11 is 3.47. The predicted molar refractivity (Wildman–Crippen MR) is 124 cm³/mol. The van der Waals surface area contributed by atoms with E-state index in [-0.39, 0.29) is 17.8 Å². The van der Waals surface area contributed by atoms with Crippen molar-refractivity contribution in [2.45, 2.75) is 45.6 Å². The first-order valence-electron chi connectivity index (χ1n) is 10.4. The van der Waals surface area contributed by atoms with Gasteiger partial charge in [-0.1, -0.05) is 59.5 Å². The van der Waals surface area contributed by atoms with Gasteiger partial charge in [0.25, 0.3) is 0 Å². The van der Waals surface area contributed by atoms with Crippen molar-refractivity contribution in [2.75, 3.05) is 12.0 Å². The molecule has 1 aliphatic rings. The first kappa shape index (κ1) is 22.3. The number of amides is 1. The molecule has 0 aromatic heterocycles. The van der Waals surface area contributed by atoms with Gasteiger partial charge in [-0.3, -0.25) is 4.79 Å². The standard InChI is InChI=1S/C25H28BrNO3/c1-18(25(29)30-2)15-20-7-6-10-23(16-20)27(17-19-11-13-22(26)14-12-19)24(28)21-8-4-3-5-9-21/h6-7,10-16,21H,3-5,8-9,17H2,1-2H3/b18-15+. The van der Waals surface area contributed by atoms with Crippen LogP contribution in [0.5, 0.6) is 0 Å². The van der Waals surface area contributed by atoms with Gasteiger partial charge in [0.1, 0.15) is 0 Å². The highest BCUT2D eigenvalue weighted by Gasteiger charge is 2.27. The second kappa shape index (κ2) is 10.6. The third kappa shape index (κ3) is 5.82. The van der Waals surface area contributed by atoms with Crippen LogP contribution in [0.25, 0.3) is 6.08 Å². The van der Waals surface area contributed by atoms with Crippen LogP contribution >= 0.6 is 15.9 Å². The van der Waals surface area contributed by atoms with Gasteiger partial charge in [-0.15, -0.1) is 0 Å². The number of carbonyl (C=O) groups excluding carboxylic acids is 2. The molecule has 0 bridgehead atoms. The van der Waals surface area contributed by atoms with Crippen molar-refractivity contribution >= 4 is 39.6 Å². The second-order valence-corrected chi connectivity index (χ2v) is 8.72. The van der Waals surface area contributed by atoms with Crippen LogP contribution in [0.1, 0.15) is 50.2 Å². The van der Waals surface area contributed by atoms with E-state index in [4.69, 9.17) is 4.74 Å². The summed E-state index contributed by atoms with van der Waals surface area (Å²) in [6, 6.07) is 15.9. The average molecular weight is 470 g/mol. The summed E-state index contributed by atoms with van der Waals surface area (Å²) in [6.45, 7) is 2.25. The third-order valence-electron chi connectivity index (χ3n) is 5.55. The van der Waals surface area contributed by atoms with Gasteiger partial charge in [0.05, 0.1) is 13.7 Å². The second-order valence-electron chi connectivity index (χ2n) is 7.80. The van der Waals surface area contributed by atoms with E-state index in [1.807, 2.05) is 53.4 Å². The number of methoxy groups -OCH3 is 1. The van der Waals surface area contributed by atoms with Gasteiger partial charge in [0.2, 0.25) is 5.91 Å². The van der Waals surface area contributed by atoms with E-state index >= 15 is 0 Å². The minimum Gasteiger partial charge on any atom is -0.466 e. The summed E-state index contributed by atoms with van der Waals surface area (Å²) in [5, 5.41) is 0. The quantitative estimate of drug-likeness (QED) is 0.377. The topological polar surface area (TPSA) is 46.6 Å². The number of ether oxygens (including phenoxy) is 1. The van der Waals surface area contributed by atoms with Crippen LogP contribution in [-0.4, -0.2) is 19.0 Å². The summed E-state index contributed by atoms with van der Waals surface area (Å²) < 4.78 is 5.81. The Labute approximate surface area is 187 Å². The molecule has 0 aliphatic heterocycles. The molecule has 3 rings (SSSR count). The summed E-state index contributed by atoms with van der Waals surface area (Å²) in [4.78, 5) is 27.1. The predicted octanol–water partition coefficient (Wildman–Crippen LogP) is 6.14. The number of halogens is 1. The lowest BCUT2D eigenvalue weighted by Gasteiger charge is -2.30. The van der Waals surface area contributed by atoms with Crippen LogP contribution < -0.4 is 4.90 Å². The summed E-state index contributed by atoms with van der Waals surface area (Å²) in [7, 11) is 1.37. The van der Waals surface area contributed by atoms with Crippen molar-refractivity contribution in [1.82, 2.24) is 0 Å². The Morgan fingerprint density at radius 1 is 1.10 bits per heavy atom. The van der Waals surface area contributed by atoms with Crippen LogP contribution in [0.2, 0.25) is 0 Å². The minimum atomic E-state index is -0.356. The Hall–Kier alpha value is -2.40. The Morgan fingerprint density at radius 3 is 2.47 bits per heavy atom. The molecule has 5 heteroatoms. The fourth-order valence-electron chi connectivity index (χ4n) is 3.89. The van der Waals surface area contributed by atoms with E-state index < -0.39 is 0 Å². The molecule has 30 heavy (non-hydrogen) atoms. The van der Waals surface area contributed by atoms with Crippen LogP contribution in [0.3, 0.4) is 0 Å². The summed E-state index contributed by atoms with van der Waals surface area (Å²) in [5.74, 6) is -0.0981. The molecule has 0 spiro atoms. The van der Waals surface area contributed by atoms with Gasteiger partial charge in [-0.05, 0) is 61.2 Å². The SMILES string of the molecule is COC(=O)/C(C)=C/c1cccc(N(Cc2ccc(Br)cc2)C(=O)C2CCCCC2)c1. The van der Waals surface area contributed by atoms with Crippen molar-refractivity contribution in [2.24, 2.45) is 5.92 Å². The molecular formula is C25H28BrNO3. The molecule has 0 atom stereocenters. The molecule has 158 valence electrons. The minimum absolute atomic E-state index is 0.0743. The van der Waals surface area contributed by atoms with E-state index in [2.05, 4.69) is 15.9 Å². The lowest BCUT2D eigenvalue weighted by molar-refractivity contribution is -0.135. The van der Waals surface area contributed by atoms with Crippen molar-refractivity contribution in [1.29, 1.82) is 0 Å². The third-order valence-corrected chi connectivity index (χ3v) is 6.08. The molecule has 0 radical (unpaired) electrons. The van der Waals surface area contributed by atoms with Gasteiger partial charge < -0.3 is 9.64 Å². The van der Waals surface area contributed by atoms with Crippen LogP contribution in [0.15, 0.2) is 58.6 Å². The van der Waals surface area contributed by atoms with E-state index in [0.29, 0.717) is 12.1 Å². The fraction of sp³-hybridized carbons (Fsp3) is 0.360. The molecule has 1 saturated carbocycles. The van der Waals surface area contributed by atoms with Crippen LogP contribution in [-0.2, 0) is 20.9 Å². The number of hydrogen-bond donors (Lipinski definition) is 0. The van der Waals surface area contributed by atoms with E-state index in [0.717, 1.165) is 47.0 Å². The molecule has 1 fully saturated rings. The average Bonchev–Trinajstić information content (AvgIpc) is 2.78. The largest absolute Gasteiger partial charge is 0.466 e. The maximum absolute atomic E-state index is 13.5. The van der Waals surface area contributed by atoms with E-state index in [1.165, 1.54) is 13.5 Å². The molecule has 0 saturated heterocycles. The number of benzene rings is 2. The number of nitrogens with zero attached hydrogens (tertiary/aromatic N) is 1. The Bertz CT molecular complexity index is 914. The van der Waals surface area contributed by atoms with Gasteiger partial charge in [-0.2, -0.15) is 0 Å². The molecular weight excluding hydrogens is 442 g/mol. The number of hydrogen-bond acceptors (Lipinski definition) is 3. The van der Waals surface area contributed by atoms with Gasteiger partial charge in [0.15, 0.2) is 0 Å². The molecule has 4 nitrogen and oxygen atoms in total. The Kier molecular flexibility index (Phi) is 7.86. The van der Waals surface area contributed by atoms with Gasteiger partial charge in [0, 0.05) is 21.7 Å². The lowest BCUT2D eigenvalue weighted by Crippen LogP contribution is -2.36. The van der Waals surface area contributed by atoms with Crippen molar-refractivity contribution in [3.8, 4) is 0 Å². The highest BCUT2D eigenvalue weighted by atomic mass is 79.9. The first-order chi connectivity index (χ1) is 14.5. The van der Waals surface area contributed by atoms with Crippen molar-refractivity contribution in [3.63, 3.8) is 0 Å². The van der Waals surface area contributed by atoms with Gasteiger partial charge in [-0.25, -0.2) is 4.79 Å². The maximum Gasteiger partial charge on any atom is 0.333 e. The lowest BCUT2D eigenvalue weighted by atomic mass is 9.88. The fourth-order valence-corrected chi connectivity index (χ4v) is 4.16. The number of rotatable bonds is 6. The van der Waals surface area contributed by atoms with Gasteiger partial charge >= 0.3 is 5.97 Å². The molecule has 2 aromatic carbocycles. The summed E-state index contributed by atoms with van der Waals surface area (Å²) in [6.07, 6.45) is 7.14. The number of carbonyl (C=O) groups is 2. The highest BCUT2D eigenvalue weighted by Crippen LogP contribution is 2.29. The first-order valence-corrected chi connectivity index (χ1v) is 11.2. The number of anilines is 1. The molecule has 1 aliphatic carbocycles. The maximum atomic E-state index is 13.5. The van der Waals surface area contributed by atoms with Crippen LogP contribution in [0.4, 0.5) is 5.69 Å². The normalized spacial score (nSPS) is 15.0. The molecule has 1 amide bonds. The molecule has 0 heterocycles. The molecule has 0 unspecified atom stereocenters. The van der Waals surface area contributed by atoms with Crippen LogP contribution in [0, 0.1) is 5.92 Å². The Balaban J connectivity index is 1.92. The smallest absolute Gasteiger partial charge is 0.333 e. The van der Waals surface area contributed by atoms with E-state index in [1.54, 1.807) is 13.0 Å². The van der Waals surface area contributed by atoms with E-state index in [9.17, 15) is 9.59 Å². The zero-order valence-electron chi connectivity index (χ0n) is 17.6. The highest BCUT2D eigenvalue weighted by molar-refractivity contribution is 9.10. The zero-order chi connectivity index (χ0) is 21.5. The summed E-state index contributed by atoms with van der Waals surface area (Å²) in [5.41, 5.74) is 3.31. The molecule has 0 N–H and O–H groups in total. The Morgan fingerprint density at radius 2 is 1.80 bits per heavy atom.